The number of carbonyl (C=O) groups excluding carboxylic acids is 1. The number of amides is 1. The largest absolute Gasteiger partial charge is 0.409 e. The second kappa shape index (κ2) is 6.33. The molecule has 2 rings (SSSR count). The highest BCUT2D eigenvalue weighted by Crippen LogP contribution is 2.23. The maximum absolute atomic E-state index is 12.4. The van der Waals surface area contributed by atoms with Gasteiger partial charge in [-0.25, -0.2) is 0 Å². The lowest BCUT2D eigenvalue weighted by Crippen LogP contribution is -2.44. The van der Waals surface area contributed by atoms with Gasteiger partial charge in [0.05, 0.1) is 0 Å². The number of hydrogen-bond donors (Lipinski definition) is 2. The van der Waals surface area contributed by atoms with Crippen molar-refractivity contribution in [1.82, 2.24) is 4.90 Å². The molecule has 1 aromatic rings. The number of hydrogen-bond acceptors (Lipinski definition) is 3. The van der Waals surface area contributed by atoms with Crippen LogP contribution in [0.15, 0.2) is 23.4 Å². The van der Waals surface area contributed by atoms with Crippen molar-refractivity contribution in [2.24, 2.45) is 16.8 Å². The molecule has 5 nitrogen and oxygen atoms in total. The third kappa shape index (κ3) is 3.35. The Bertz CT molecular complexity index is 528. The normalized spacial score (nSPS) is 20.0. The second-order valence-corrected chi connectivity index (χ2v) is 5.65. The Kier molecular flexibility index (Phi) is 4.73. The summed E-state index contributed by atoms with van der Waals surface area (Å²) < 4.78 is 0. The summed E-state index contributed by atoms with van der Waals surface area (Å²) in [5, 5.41) is 12.6. The van der Waals surface area contributed by atoms with Gasteiger partial charge in [-0.05, 0) is 31.0 Å². The molecule has 0 aromatic heterocycles. The molecule has 1 aromatic carbocycles. The predicted molar refractivity (Wildman–Crippen MR) is 78.5 cm³/mol. The van der Waals surface area contributed by atoms with Gasteiger partial charge < -0.3 is 15.8 Å². The Hall–Kier alpha value is -1.46. The zero-order valence-corrected chi connectivity index (χ0v) is 12.2. The minimum absolute atomic E-state index is 0.118. The molecule has 1 aliphatic rings. The highest BCUT2D eigenvalue weighted by Gasteiger charge is 2.27. The number of oxime groups is 1. The molecular weight excluding hydrogens is 301 g/mol. The molecular formula is C13H15Cl2N3O2. The van der Waals surface area contributed by atoms with Crippen LogP contribution in [-0.4, -0.2) is 34.9 Å². The maximum Gasteiger partial charge on any atom is 0.253 e. The molecule has 1 unspecified atom stereocenters. The van der Waals surface area contributed by atoms with Crippen molar-refractivity contribution in [3.63, 3.8) is 0 Å². The molecule has 0 radical (unpaired) electrons. The summed E-state index contributed by atoms with van der Waals surface area (Å²) in [6.07, 6.45) is 1.61. The van der Waals surface area contributed by atoms with Crippen molar-refractivity contribution in [3.8, 4) is 0 Å². The van der Waals surface area contributed by atoms with Crippen LogP contribution in [-0.2, 0) is 0 Å². The summed E-state index contributed by atoms with van der Waals surface area (Å²) in [6.45, 7) is 1.07. The highest BCUT2D eigenvalue weighted by atomic mass is 35.5. The van der Waals surface area contributed by atoms with Gasteiger partial charge in [0, 0.05) is 34.6 Å². The molecule has 3 N–H and O–H groups in total. The third-order valence-electron chi connectivity index (χ3n) is 3.35. The molecule has 0 aliphatic carbocycles. The van der Waals surface area contributed by atoms with Gasteiger partial charge in [-0.1, -0.05) is 28.4 Å². The molecule has 1 fully saturated rings. The minimum Gasteiger partial charge on any atom is -0.409 e. The topological polar surface area (TPSA) is 78.9 Å². The van der Waals surface area contributed by atoms with E-state index in [1.807, 2.05) is 0 Å². The van der Waals surface area contributed by atoms with Gasteiger partial charge in [0.1, 0.15) is 5.84 Å². The van der Waals surface area contributed by atoms with E-state index in [9.17, 15) is 4.79 Å². The summed E-state index contributed by atoms with van der Waals surface area (Å²) in [6, 6.07) is 4.75. The second-order valence-electron chi connectivity index (χ2n) is 4.77. The van der Waals surface area contributed by atoms with Gasteiger partial charge in [0.15, 0.2) is 0 Å². The average Bonchev–Trinajstić information content (AvgIpc) is 2.44. The number of rotatable bonds is 2. The smallest absolute Gasteiger partial charge is 0.253 e. The summed E-state index contributed by atoms with van der Waals surface area (Å²) >= 11 is 11.8. The average molecular weight is 316 g/mol. The van der Waals surface area contributed by atoms with E-state index in [0.29, 0.717) is 28.7 Å². The van der Waals surface area contributed by atoms with Gasteiger partial charge in [0.2, 0.25) is 0 Å². The zero-order chi connectivity index (χ0) is 14.7. The number of nitrogens with zero attached hydrogens (tertiary/aromatic N) is 2. The number of piperidine rings is 1. The first kappa shape index (κ1) is 14.9. The number of halogens is 2. The Morgan fingerprint density at radius 2 is 2.00 bits per heavy atom. The lowest BCUT2D eigenvalue weighted by Gasteiger charge is -2.32. The lowest BCUT2D eigenvalue weighted by molar-refractivity contribution is 0.0701. The molecule has 0 saturated carbocycles. The quantitative estimate of drug-likeness (QED) is 0.381. The maximum atomic E-state index is 12.4. The molecule has 1 atom stereocenters. The van der Waals surface area contributed by atoms with E-state index in [0.717, 1.165) is 12.8 Å². The molecule has 1 aliphatic heterocycles. The van der Waals surface area contributed by atoms with E-state index in [4.69, 9.17) is 34.1 Å². The zero-order valence-electron chi connectivity index (χ0n) is 10.7. The number of amidine groups is 1. The van der Waals surface area contributed by atoms with Crippen LogP contribution < -0.4 is 5.73 Å². The summed E-state index contributed by atoms with van der Waals surface area (Å²) in [4.78, 5) is 14.1. The third-order valence-corrected chi connectivity index (χ3v) is 3.79. The van der Waals surface area contributed by atoms with Crippen molar-refractivity contribution in [3.05, 3.63) is 33.8 Å². The number of nitrogens with two attached hydrogens (primary N) is 1. The van der Waals surface area contributed by atoms with Crippen LogP contribution in [0.1, 0.15) is 23.2 Å². The van der Waals surface area contributed by atoms with Gasteiger partial charge in [-0.3, -0.25) is 4.79 Å². The first-order chi connectivity index (χ1) is 9.51. The van der Waals surface area contributed by atoms with E-state index in [1.54, 1.807) is 23.1 Å². The van der Waals surface area contributed by atoms with Crippen molar-refractivity contribution >= 4 is 34.9 Å². The Morgan fingerprint density at radius 3 is 2.60 bits per heavy atom. The van der Waals surface area contributed by atoms with Crippen LogP contribution in [0.4, 0.5) is 0 Å². The first-order valence-corrected chi connectivity index (χ1v) is 6.99. The number of carbonyl (C=O) groups is 1. The Labute approximate surface area is 126 Å². The molecule has 20 heavy (non-hydrogen) atoms. The Balaban J connectivity index is 2.16. The van der Waals surface area contributed by atoms with E-state index in [1.165, 1.54) is 0 Å². The van der Waals surface area contributed by atoms with Crippen LogP contribution in [0.3, 0.4) is 0 Å². The molecule has 0 bridgehead atoms. The van der Waals surface area contributed by atoms with Crippen molar-refractivity contribution < 1.29 is 10.0 Å². The molecule has 108 valence electrons. The van der Waals surface area contributed by atoms with Crippen LogP contribution in [0, 0.1) is 5.92 Å². The van der Waals surface area contributed by atoms with E-state index >= 15 is 0 Å². The van der Waals surface area contributed by atoms with Crippen molar-refractivity contribution in [1.29, 1.82) is 0 Å². The van der Waals surface area contributed by atoms with Crippen LogP contribution in [0.2, 0.25) is 10.0 Å². The van der Waals surface area contributed by atoms with Gasteiger partial charge >= 0.3 is 0 Å². The molecule has 7 heteroatoms. The SMILES string of the molecule is NC(=NO)C1CCCN(C(=O)c2cc(Cl)cc(Cl)c2)C1. The van der Waals surface area contributed by atoms with Gasteiger partial charge in [0.25, 0.3) is 5.91 Å². The summed E-state index contributed by atoms with van der Waals surface area (Å²) in [7, 11) is 0. The van der Waals surface area contributed by atoms with Crippen LogP contribution in [0.5, 0.6) is 0 Å². The number of benzene rings is 1. The van der Waals surface area contributed by atoms with E-state index in [-0.39, 0.29) is 17.7 Å². The predicted octanol–water partition coefficient (Wildman–Crippen LogP) is 2.59. The monoisotopic (exact) mass is 315 g/mol. The van der Waals surface area contributed by atoms with Gasteiger partial charge in [-0.2, -0.15) is 0 Å². The molecule has 1 amide bonds. The van der Waals surface area contributed by atoms with Crippen LogP contribution in [0.25, 0.3) is 0 Å². The highest BCUT2D eigenvalue weighted by molar-refractivity contribution is 6.35. The van der Waals surface area contributed by atoms with Crippen molar-refractivity contribution in [2.75, 3.05) is 13.1 Å². The molecule has 1 heterocycles. The minimum atomic E-state index is -0.148. The van der Waals surface area contributed by atoms with E-state index < -0.39 is 0 Å². The van der Waals surface area contributed by atoms with E-state index in [2.05, 4.69) is 5.16 Å². The summed E-state index contributed by atoms with van der Waals surface area (Å²) in [5.74, 6) is -0.108. The fourth-order valence-electron chi connectivity index (χ4n) is 2.34. The lowest BCUT2D eigenvalue weighted by atomic mass is 9.96. The van der Waals surface area contributed by atoms with Crippen LogP contribution >= 0.6 is 23.2 Å². The standard InChI is InChI=1S/C13H15Cl2N3O2/c14-10-4-9(5-11(15)6-10)13(19)18-3-1-2-8(7-18)12(16)17-20/h4-6,8,20H,1-3,7H2,(H2,16,17). The first-order valence-electron chi connectivity index (χ1n) is 6.24. The molecule has 1 saturated heterocycles. The number of likely N-dealkylation sites (tertiary alicyclic amines) is 1. The van der Waals surface area contributed by atoms with Crippen molar-refractivity contribution in [2.45, 2.75) is 12.8 Å². The summed E-state index contributed by atoms with van der Waals surface area (Å²) in [5.41, 5.74) is 6.06. The molecule has 0 spiro atoms. The Morgan fingerprint density at radius 1 is 1.35 bits per heavy atom. The fraction of sp³-hybridized carbons (Fsp3) is 0.385. The fourth-order valence-corrected chi connectivity index (χ4v) is 2.87. The van der Waals surface area contributed by atoms with Gasteiger partial charge in [-0.15, -0.1) is 0 Å².